The first-order chi connectivity index (χ1) is 8.11. The second-order valence-corrected chi connectivity index (χ2v) is 3.52. The van der Waals surface area contributed by atoms with Crippen LogP contribution in [0.1, 0.15) is 13.3 Å². The van der Waals surface area contributed by atoms with E-state index < -0.39 is 0 Å². The van der Waals surface area contributed by atoms with Crippen molar-refractivity contribution in [2.45, 2.75) is 13.3 Å². The van der Waals surface area contributed by atoms with E-state index >= 15 is 0 Å². The molecular weight excluding hydrogens is 226 g/mol. The maximum atomic E-state index is 11.5. The fraction of sp³-hybridized carbons (Fsp3) is 0.444. The Morgan fingerprint density at radius 2 is 2.41 bits per heavy atom. The van der Waals surface area contributed by atoms with Crippen LogP contribution in [0, 0.1) is 0 Å². The number of anilines is 3. The maximum absolute atomic E-state index is 11.5. The molecule has 17 heavy (non-hydrogen) atoms. The summed E-state index contributed by atoms with van der Waals surface area (Å²) in [6.07, 6.45) is 0.305. The largest absolute Gasteiger partial charge is 0.444 e. The van der Waals surface area contributed by atoms with Crippen LogP contribution >= 0.6 is 0 Å². The molecule has 0 saturated carbocycles. The Morgan fingerprint density at radius 3 is 3.12 bits per heavy atom. The average molecular weight is 239 g/mol. The van der Waals surface area contributed by atoms with E-state index in [0.29, 0.717) is 24.6 Å². The highest BCUT2D eigenvalue weighted by molar-refractivity contribution is 5.72. The van der Waals surface area contributed by atoms with Gasteiger partial charge in [0.15, 0.2) is 12.5 Å². The zero-order valence-electron chi connectivity index (χ0n) is 9.32. The number of aromatic amines is 1. The van der Waals surface area contributed by atoms with Crippen LogP contribution in [0.4, 0.5) is 17.5 Å². The van der Waals surface area contributed by atoms with Gasteiger partial charge in [0, 0.05) is 6.42 Å². The number of carbonyl (C=O) groups is 1. The summed E-state index contributed by atoms with van der Waals surface area (Å²) in [5.74, 6) is 0.121. The third kappa shape index (κ3) is 2.14. The van der Waals surface area contributed by atoms with Crippen molar-refractivity contribution in [2.24, 2.45) is 0 Å². The number of rotatable bonds is 3. The van der Waals surface area contributed by atoms with E-state index in [2.05, 4.69) is 15.3 Å². The molecule has 92 valence electrons. The molecule has 0 atom stereocenters. The summed E-state index contributed by atoms with van der Waals surface area (Å²) >= 11 is 0. The van der Waals surface area contributed by atoms with Crippen molar-refractivity contribution in [3.63, 3.8) is 0 Å². The Bertz CT molecular complexity index is 498. The molecule has 8 heteroatoms. The van der Waals surface area contributed by atoms with Gasteiger partial charge in [0.1, 0.15) is 5.69 Å². The second kappa shape index (κ2) is 4.32. The summed E-state index contributed by atoms with van der Waals surface area (Å²) in [6.45, 7) is 2.11. The van der Waals surface area contributed by atoms with Gasteiger partial charge in [-0.1, -0.05) is 6.92 Å². The number of aromatic nitrogens is 2. The smallest absolute Gasteiger partial charge is 0.307 e. The summed E-state index contributed by atoms with van der Waals surface area (Å²) in [6, 6.07) is 0. The van der Waals surface area contributed by atoms with E-state index in [1.165, 1.54) is 0 Å². The van der Waals surface area contributed by atoms with Crippen molar-refractivity contribution < 1.29 is 9.53 Å². The Morgan fingerprint density at radius 1 is 1.65 bits per heavy atom. The molecule has 0 bridgehead atoms. The molecule has 0 spiro atoms. The highest BCUT2D eigenvalue weighted by Gasteiger charge is 2.24. The Balaban J connectivity index is 2.16. The van der Waals surface area contributed by atoms with Crippen molar-refractivity contribution in [1.82, 2.24) is 9.97 Å². The molecule has 8 nitrogen and oxygen atoms in total. The van der Waals surface area contributed by atoms with Crippen molar-refractivity contribution >= 4 is 23.4 Å². The number of nitrogens with two attached hydrogens (primary N) is 1. The number of esters is 1. The third-order valence-electron chi connectivity index (χ3n) is 2.33. The van der Waals surface area contributed by atoms with Crippen molar-refractivity contribution in [1.29, 1.82) is 0 Å². The summed E-state index contributed by atoms with van der Waals surface area (Å²) in [4.78, 5) is 30.5. The molecule has 1 aromatic rings. The molecule has 4 N–H and O–H groups in total. The lowest BCUT2D eigenvalue weighted by molar-refractivity contribution is -0.143. The SMILES string of the molecule is CCC(=O)OCN1CNc2c1nc(N)[nH]c2=O. The quantitative estimate of drug-likeness (QED) is 0.606. The lowest BCUT2D eigenvalue weighted by atomic mass is 10.5. The predicted molar refractivity (Wildman–Crippen MR) is 61.5 cm³/mol. The minimum absolute atomic E-state index is 0.0317. The number of fused-ring (bicyclic) bond motifs is 1. The Hall–Kier alpha value is -2.25. The summed E-state index contributed by atoms with van der Waals surface area (Å²) in [5.41, 5.74) is 5.45. The highest BCUT2D eigenvalue weighted by atomic mass is 16.5. The van der Waals surface area contributed by atoms with Crippen LogP contribution in [0.15, 0.2) is 4.79 Å². The van der Waals surface area contributed by atoms with Crippen LogP contribution in [-0.2, 0) is 9.53 Å². The standard InChI is InChI=1S/C9H13N5O3/c1-2-5(15)17-4-14-3-11-6-7(14)12-9(10)13-8(6)16/h11H,2-4H2,1H3,(H3,10,12,13,16). The van der Waals surface area contributed by atoms with Crippen LogP contribution in [-0.4, -0.2) is 29.3 Å². The van der Waals surface area contributed by atoms with Gasteiger partial charge in [0.2, 0.25) is 5.95 Å². The minimum atomic E-state index is -0.336. The van der Waals surface area contributed by atoms with E-state index in [1.54, 1.807) is 11.8 Å². The number of H-pyrrole nitrogens is 1. The van der Waals surface area contributed by atoms with Crippen molar-refractivity contribution in [3.05, 3.63) is 10.4 Å². The van der Waals surface area contributed by atoms with E-state index in [-0.39, 0.29) is 24.2 Å². The molecule has 2 rings (SSSR count). The van der Waals surface area contributed by atoms with Crippen LogP contribution in [0.3, 0.4) is 0 Å². The summed E-state index contributed by atoms with van der Waals surface area (Å²) in [5, 5.41) is 2.86. The first-order valence-electron chi connectivity index (χ1n) is 5.16. The van der Waals surface area contributed by atoms with Gasteiger partial charge in [-0.05, 0) is 0 Å². The monoisotopic (exact) mass is 239 g/mol. The van der Waals surface area contributed by atoms with Crippen LogP contribution in [0.25, 0.3) is 0 Å². The van der Waals surface area contributed by atoms with Gasteiger partial charge in [0.25, 0.3) is 5.56 Å². The molecular formula is C9H13N5O3. The van der Waals surface area contributed by atoms with Crippen LogP contribution < -0.4 is 21.5 Å². The minimum Gasteiger partial charge on any atom is -0.444 e. The maximum Gasteiger partial charge on any atom is 0.307 e. The van der Waals surface area contributed by atoms with E-state index in [9.17, 15) is 9.59 Å². The van der Waals surface area contributed by atoms with Gasteiger partial charge in [-0.15, -0.1) is 0 Å². The number of nitrogens with one attached hydrogen (secondary N) is 2. The summed E-state index contributed by atoms with van der Waals surface area (Å²) in [7, 11) is 0. The van der Waals surface area contributed by atoms with Crippen molar-refractivity contribution in [2.75, 3.05) is 29.3 Å². The average Bonchev–Trinajstić information content (AvgIpc) is 2.69. The van der Waals surface area contributed by atoms with Gasteiger partial charge in [0.05, 0.1) is 6.67 Å². The van der Waals surface area contributed by atoms with Gasteiger partial charge >= 0.3 is 5.97 Å². The molecule has 1 aromatic heterocycles. The number of nitrogen functional groups attached to an aromatic ring is 1. The molecule has 0 radical (unpaired) electrons. The lowest BCUT2D eigenvalue weighted by Crippen LogP contribution is -2.28. The van der Waals surface area contributed by atoms with Crippen molar-refractivity contribution in [3.8, 4) is 0 Å². The molecule has 2 heterocycles. The van der Waals surface area contributed by atoms with Crippen LogP contribution in [0.5, 0.6) is 0 Å². The molecule has 0 fully saturated rings. The topological polar surface area (TPSA) is 113 Å². The third-order valence-corrected chi connectivity index (χ3v) is 2.33. The van der Waals surface area contributed by atoms with Crippen LogP contribution in [0.2, 0.25) is 0 Å². The molecule has 1 aliphatic heterocycles. The number of carbonyl (C=O) groups excluding carboxylic acids is 1. The number of hydrogen-bond acceptors (Lipinski definition) is 7. The summed E-state index contributed by atoms with van der Waals surface area (Å²) < 4.78 is 4.97. The number of nitrogens with zero attached hydrogens (tertiary/aromatic N) is 2. The van der Waals surface area contributed by atoms with Gasteiger partial charge in [-0.2, -0.15) is 4.98 Å². The van der Waals surface area contributed by atoms with Gasteiger partial charge in [-0.25, -0.2) is 0 Å². The Kier molecular flexibility index (Phi) is 2.86. The number of ether oxygens (including phenoxy) is 1. The molecule has 0 aromatic carbocycles. The molecule has 1 aliphatic rings. The normalized spacial score (nSPS) is 13.1. The van der Waals surface area contributed by atoms with E-state index in [0.717, 1.165) is 0 Å². The lowest BCUT2D eigenvalue weighted by Gasteiger charge is -2.16. The zero-order chi connectivity index (χ0) is 12.4. The predicted octanol–water partition coefficient (Wildman–Crippen LogP) is -0.548. The molecule has 0 saturated heterocycles. The molecule has 0 unspecified atom stereocenters. The highest BCUT2D eigenvalue weighted by Crippen LogP contribution is 2.24. The Labute approximate surface area is 96.8 Å². The van der Waals surface area contributed by atoms with Gasteiger partial charge < -0.3 is 20.7 Å². The first kappa shape index (κ1) is 11.2. The fourth-order valence-electron chi connectivity index (χ4n) is 1.47. The fourth-order valence-corrected chi connectivity index (χ4v) is 1.47. The van der Waals surface area contributed by atoms with E-state index in [1.807, 2.05) is 0 Å². The van der Waals surface area contributed by atoms with E-state index in [4.69, 9.17) is 10.5 Å². The molecule has 0 aliphatic carbocycles. The number of hydrogen-bond donors (Lipinski definition) is 3. The first-order valence-corrected chi connectivity index (χ1v) is 5.16. The molecule has 0 amide bonds. The van der Waals surface area contributed by atoms with Gasteiger partial charge in [-0.3, -0.25) is 14.6 Å². The second-order valence-electron chi connectivity index (χ2n) is 3.52. The zero-order valence-corrected chi connectivity index (χ0v) is 9.32.